The van der Waals surface area contributed by atoms with Crippen molar-refractivity contribution < 1.29 is 4.79 Å². The summed E-state index contributed by atoms with van der Waals surface area (Å²) in [6.07, 6.45) is 0.842. The number of hydrogen-bond donors (Lipinski definition) is 0. The second kappa shape index (κ2) is 8.08. The third kappa shape index (κ3) is 4.48. The molecule has 0 fully saturated rings. The van der Waals surface area contributed by atoms with Crippen LogP contribution in [0.15, 0.2) is 30.3 Å². The summed E-state index contributed by atoms with van der Waals surface area (Å²) < 4.78 is 0. The van der Waals surface area contributed by atoms with Crippen LogP contribution in [0, 0.1) is 0 Å². The van der Waals surface area contributed by atoms with E-state index in [1.165, 1.54) is 0 Å². The summed E-state index contributed by atoms with van der Waals surface area (Å²) in [6, 6.07) is 10.0. The molecular formula is C14H21Br2NO. The van der Waals surface area contributed by atoms with Crippen LogP contribution in [0.3, 0.4) is 0 Å². The van der Waals surface area contributed by atoms with Gasteiger partial charge >= 0.3 is 0 Å². The van der Waals surface area contributed by atoms with Crippen molar-refractivity contribution in [3.63, 3.8) is 0 Å². The van der Waals surface area contributed by atoms with Gasteiger partial charge in [0.1, 0.15) is 0 Å². The molecule has 0 spiro atoms. The quantitative estimate of drug-likeness (QED) is 0.706. The Morgan fingerprint density at radius 2 is 1.83 bits per heavy atom. The van der Waals surface area contributed by atoms with Gasteiger partial charge in [-0.2, -0.15) is 0 Å². The first kappa shape index (κ1) is 17.8. The summed E-state index contributed by atoms with van der Waals surface area (Å²) in [5.74, 6) is 0.241. The zero-order valence-corrected chi connectivity index (χ0v) is 14.4. The average Bonchev–Trinajstić information content (AvgIpc) is 2.36. The van der Waals surface area contributed by atoms with E-state index in [1.54, 1.807) is 0 Å². The Morgan fingerprint density at radius 1 is 1.28 bits per heavy atom. The Bertz CT molecular complexity index is 367. The molecule has 4 heteroatoms. The van der Waals surface area contributed by atoms with Crippen LogP contribution in [0.5, 0.6) is 0 Å². The molecule has 0 aliphatic carbocycles. The van der Waals surface area contributed by atoms with Crippen molar-refractivity contribution in [2.24, 2.45) is 0 Å². The van der Waals surface area contributed by atoms with E-state index >= 15 is 0 Å². The molecule has 0 aromatic heterocycles. The summed E-state index contributed by atoms with van der Waals surface area (Å²) in [5, 5.41) is 0.409. The van der Waals surface area contributed by atoms with Crippen molar-refractivity contribution >= 4 is 38.7 Å². The molecule has 102 valence electrons. The van der Waals surface area contributed by atoms with Crippen LogP contribution in [0.4, 0.5) is 0 Å². The standard InChI is InChI=1S/C14H20BrNO.BrH/c1-14(13(17)11-15,9-10-16(2)3)12-7-5-4-6-8-12;/h4-8H,9-11H2,1-3H3;1H. The summed E-state index contributed by atoms with van der Waals surface area (Å²) in [6.45, 7) is 2.94. The third-order valence-corrected chi connectivity index (χ3v) is 3.72. The molecule has 0 bridgehead atoms. The van der Waals surface area contributed by atoms with Gasteiger partial charge in [0.25, 0.3) is 0 Å². The normalized spacial score (nSPS) is 13.8. The molecule has 1 rings (SSSR count). The summed E-state index contributed by atoms with van der Waals surface area (Å²) >= 11 is 3.29. The van der Waals surface area contributed by atoms with Crippen molar-refractivity contribution in [1.82, 2.24) is 4.90 Å². The topological polar surface area (TPSA) is 20.3 Å². The number of ketones is 1. The number of alkyl halides is 1. The number of Topliss-reactive ketones (excluding diaryl/α,β-unsaturated/α-hetero) is 1. The van der Waals surface area contributed by atoms with E-state index in [9.17, 15) is 4.79 Å². The third-order valence-electron chi connectivity index (χ3n) is 3.21. The van der Waals surface area contributed by atoms with Crippen LogP contribution in [0.2, 0.25) is 0 Å². The smallest absolute Gasteiger partial charge is 0.153 e. The number of carbonyl (C=O) groups excluding carboxylic acids is 1. The van der Waals surface area contributed by atoms with Gasteiger partial charge in [0.05, 0.1) is 10.7 Å². The maximum absolute atomic E-state index is 12.2. The molecule has 0 saturated heterocycles. The Balaban J connectivity index is 0.00000289. The van der Waals surface area contributed by atoms with Crippen LogP contribution in [0.25, 0.3) is 0 Å². The molecule has 1 unspecified atom stereocenters. The SMILES string of the molecule is Br.CN(C)CCC(C)(C(=O)CBr)c1ccccc1. The molecule has 0 saturated carbocycles. The van der Waals surface area contributed by atoms with Gasteiger partial charge < -0.3 is 4.90 Å². The Kier molecular flexibility index (Phi) is 7.99. The Labute approximate surface area is 129 Å². The number of carbonyl (C=O) groups is 1. The van der Waals surface area contributed by atoms with E-state index < -0.39 is 5.41 Å². The van der Waals surface area contributed by atoms with Gasteiger partial charge in [0.2, 0.25) is 0 Å². The van der Waals surface area contributed by atoms with Gasteiger partial charge in [0.15, 0.2) is 5.78 Å². The largest absolute Gasteiger partial charge is 0.309 e. The van der Waals surface area contributed by atoms with Crippen LogP contribution >= 0.6 is 32.9 Å². The molecule has 1 aromatic carbocycles. The number of nitrogens with zero attached hydrogens (tertiary/aromatic N) is 1. The highest BCUT2D eigenvalue weighted by atomic mass is 79.9. The highest BCUT2D eigenvalue weighted by Crippen LogP contribution is 2.29. The first-order chi connectivity index (χ1) is 8.00. The van der Waals surface area contributed by atoms with Gasteiger partial charge in [-0.25, -0.2) is 0 Å². The Morgan fingerprint density at radius 3 is 2.28 bits per heavy atom. The van der Waals surface area contributed by atoms with Crippen molar-refractivity contribution in [2.75, 3.05) is 26.0 Å². The molecule has 1 aromatic rings. The molecule has 1 atom stereocenters. The molecule has 0 N–H and O–H groups in total. The van der Waals surface area contributed by atoms with Gasteiger partial charge in [-0.15, -0.1) is 17.0 Å². The number of hydrogen-bond acceptors (Lipinski definition) is 2. The van der Waals surface area contributed by atoms with E-state index in [4.69, 9.17) is 0 Å². The monoisotopic (exact) mass is 377 g/mol. The second-order valence-corrected chi connectivity index (χ2v) is 5.37. The lowest BCUT2D eigenvalue weighted by atomic mass is 9.76. The maximum Gasteiger partial charge on any atom is 0.153 e. The second-order valence-electron chi connectivity index (χ2n) is 4.81. The van der Waals surface area contributed by atoms with Crippen LogP contribution in [0.1, 0.15) is 18.9 Å². The van der Waals surface area contributed by atoms with Crippen molar-refractivity contribution in [3.05, 3.63) is 35.9 Å². The minimum absolute atomic E-state index is 0. The molecule has 0 heterocycles. The first-order valence-electron chi connectivity index (χ1n) is 5.80. The summed E-state index contributed by atoms with van der Waals surface area (Å²) in [4.78, 5) is 14.3. The summed E-state index contributed by atoms with van der Waals surface area (Å²) in [7, 11) is 4.06. The van der Waals surface area contributed by atoms with Crippen molar-refractivity contribution in [2.45, 2.75) is 18.8 Å². The molecule has 18 heavy (non-hydrogen) atoms. The maximum atomic E-state index is 12.2. The molecule has 0 aliphatic rings. The lowest BCUT2D eigenvalue weighted by Gasteiger charge is -2.29. The van der Waals surface area contributed by atoms with Crippen LogP contribution in [-0.4, -0.2) is 36.7 Å². The molecule has 0 amide bonds. The predicted molar refractivity (Wildman–Crippen MR) is 86.1 cm³/mol. The zero-order valence-electron chi connectivity index (χ0n) is 11.1. The van der Waals surface area contributed by atoms with Crippen molar-refractivity contribution in [1.29, 1.82) is 0 Å². The Hall–Kier alpha value is -0.190. The van der Waals surface area contributed by atoms with E-state index in [2.05, 4.69) is 20.8 Å². The average molecular weight is 379 g/mol. The number of halogens is 2. The van der Waals surface area contributed by atoms with E-state index in [1.807, 2.05) is 51.4 Å². The number of rotatable bonds is 6. The predicted octanol–water partition coefficient (Wildman–Crippen LogP) is 3.44. The number of benzene rings is 1. The summed E-state index contributed by atoms with van der Waals surface area (Å²) in [5.41, 5.74) is 0.709. The van der Waals surface area contributed by atoms with E-state index in [0.29, 0.717) is 5.33 Å². The van der Waals surface area contributed by atoms with E-state index in [0.717, 1.165) is 18.5 Å². The van der Waals surface area contributed by atoms with Gasteiger partial charge in [-0.3, -0.25) is 4.79 Å². The minimum Gasteiger partial charge on any atom is -0.309 e. The molecule has 0 aliphatic heterocycles. The first-order valence-corrected chi connectivity index (χ1v) is 6.92. The van der Waals surface area contributed by atoms with Gasteiger partial charge in [0, 0.05) is 0 Å². The van der Waals surface area contributed by atoms with Gasteiger partial charge in [-0.1, -0.05) is 46.3 Å². The lowest BCUT2D eigenvalue weighted by Crippen LogP contribution is -2.36. The van der Waals surface area contributed by atoms with Gasteiger partial charge in [-0.05, 0) is 39.5 Å². The lowest BCUT2D eigenvalue weighted by molar-refractivity contribution is -0.121. The fraction of sp³-hybridized carbons (Fsp3) is 0.500. The minimum atomic E-state index is -0.394. The fourth-order valence-corrected chi connectivity index (χ4v) is 2.46. The van der Waals surface area contributed by atoms with Crippen molar-refractivity contribution in [3.8, 4) is 0 Å². The van der Waals surface area contributed by atoms with Crippen LogP contribution in [-0.2, 0) is 10.2 Å². The zero-order chi connectivity index (χ0) is 12.9. The van der Waals surface area contributed by atoms with Crippen LogP contribution < -0.4 is 0 Å². The molecule has 2 nitrogen and oxygen atoms in total. The highest BCUT2D eigenvalue weighted by Gasteiger charge is 2.33. The molecular weight excluding hydrogens is 358 g/mol. The van der Waals surface area contributed by atoms with E-state index in [-0.39, 0.29) is 22.8 Å². The fourth-order valence-electron chi connectivity index (χ4n) is 1.85. The highest BCUT2D eigenvalue weighted by molar-refractivity contribution is 9.09. The molecule has 0 radical (unpaired) electrons.